The van der Waals surface area contributed by atoms with E-state index in [-0.39, 0.29) is 11.5 Å². The van der Waals surface area contributed by atoms with E-state index in [4.69, 9.17) is 9.31 Å². The van der Waals surface area contributed by atoms with Crippen LogP contribution in [0.4, 0.5) is 8.78 Å². The van der Waals surface area contributed by atoms with Crippen LogP contribution in [0.25, 0.3) is 0 Å². The van der Waals surface area contributed by atoms with E-state index < -0.39 is 11.6 Å². The molecule has 0 aromatic carbocycles. The van der Waals surface area contributed by atoms with Crippen LogP contribution in [0.5, 0.6) is 11.5 Å². The summed E-state index contributed by atoms with van der Waals surface area (Å²) >= 11 is 0. The molecule has 0 amide bonds. The first-order valence-corrected chi connectivity index (χ1v) is 4.61. The van der Waals surface area contributed by atoms with Crippen molar-refractivity contribution in [1.29, 1.82) is 0 Å². The molecule has 2 rings (SSSR count). The van der Waals surface area contributed by atoms with Crippen LogP contribution in [0.2, 0.25) is 0 Å². The van der Waals surface area contributed by atoms with E-state index in [1.165, 1.54) is 24.8 Å². The second-order valence-electron chi connectivity index (χ2n) is 2.94. The van der Waals surface area contributed by atoms with E-state index in [1.54, 1.807) is 0 Å². The van der Waals surface area contributed by atoms with Gasteiger partial charge in [0.05, 0.1) is 12.4 Å². The van der Waals surface area contributed by atoms with Gasteiger partial charge in [-0.1, -0.05) is 0 Å². The molecule has 85 valence electrons. The molecule has 17 heavy (non-hydrogen) atoms. The third-order valence-electron chi connectivity index (χ3n) is 1.82. The van der Waals surface area contributed by atoms with Gasteiger partial charge in [0.2, 0.25) is 0 Å². The fourth-order valence-electron chi connectivity index (χ4n) is 1.03. The minimum absolute atomic E-state index is 0.114. The highest BCUT2D eigenvalue weighted by Gasteiger charge is 2.08. The highest BCUT2D eigenvalue weighted by molar-refractivity contribution is 6.20. The van der Waals surface area contributed by atoms with E-state index in [0.717, 1.165) is 19.8 Å². The standard InChI is InChI=1S/C10H6BF2N2O2/c12-7-1-3-14-5-9(7)16-11-17-10-6-15-4-2-8(10)13/h1-6H. The molecule has 2 aromatic heterocycles. The molecule has 0 atom stereocenters. The molecule has 0 bridgehead atoms. The fourth-order valence-corrected chi connectivity index (χ4v) is 1.03. The van der Waals surface area contributed by atoms with Crippen LogP contribution in [-0.4, -0.2) is 17.7 Å². The van der Waals surface area contributed by atoms with Crippen molar-refractivity contribution in [1.82, 2.24) is 9.97 Å². The van der Waals surface area contributed by atoms with Crippen LogP contribution in [0.3, 0.4) is 0 Å². The molecule has 0 fully saturated rings. The molecule has 0 saturated heterocycles. The smallest absolute Gasteiger partial charge is 0.523 e. The molecule has 0 N–H and O–H groups in total. The summed E-state index contributed by atoms with van der Waals surface area (Å²) < 4.78 is 35.8. The summed E-state index contributed by atoms with van der Waals surface area (Å²) in [5.41, 5.74) is 0. The number of aromatic nitrogens is 2. The maximum Gasteiger partial charge on any atom is 0.658 e. The van der Waals surface area contributed by atoms with Gasteiger partial charge in [-0.15, -0.1) is 0 Å². The lowest BCUT2D eigenvalue weighted by Gasteiger charge is -2.06. The minimum Gasteiger partial charge on any atom is -0.523 e. The number of halogens is 2. The van der Waals surface area contributed by atoms with Gasteiger partial charge < -0.3 is 9.31 Å². The summed E-state index contributed by atoms with van der Waals surface area (Å²) in [5, 5.41) is 0. The Morgan fingerprint density at radius 1 is 0.882 bits per heavy atom. The molecule has 7 heteroatoms. The van der Waals surface area contributed by atoms with Crippen LogP contribution in [0, 0.1) is 11.6 Å². The Hall–Kier alpha value is -2.18. The van der Waals surface area contributed by atoms with Gasteiger partial charge >= 0.3 is 7.69 Å². The van der Waals surface area contributed by atoms with Crippen molar-refractivity contribution < 1.29 is 18.1 Å². The molecule has 2 heterocycles. The fraction of sp³-hybridized carbons (Fsp3) is 0. The zero-order valence-electron chi connectivity index (χ0n) is 8.51. The Balaban J connectivity index is 1.93. The Morgan fingerprint density at radius 3 is 1.76 bits per heavy atom. The Morgan fingerprint density at radius 2 is 1.35 bits per heavy atom. The van der Waals surface area contributed by atoms with Gasteiger partial charge in [0.15, 0.2) is 23.1 Å². The van der Waals surface area contributed by atoms with Crippen molar-refractivity contribution in [2.45, 2.75) is 0 Å². The number of hydrogen-bond acceptors (Lipinski definition) is 4. The maximum absolute atomic E-state index is 13.1. The Labute approximate surface area is 96.5 Å². The van der Waals surface area contributed by atoms with Gasteiger partial charge in [0.1, 0.15) is 0 Å². The van der Waals surface area contributed by atoms with Gasteiger partial charge in [-0.05, 0) is 12.1 Å². The zero-order chi connectivity index (χ0) is 12.1. The van der Waals surface area contributed by atoms with E-state index in [2.05, 4.69) is 9.97 Å². The van der Waals surface area contributed by atoms with Gasteiger partial charge in [0.25, 0.3) is 0 Å². The lowest BCUT2D eigenvalue weighted by molar-refractivity contribution is 0.418. The number of pyridine rings is 2. The van der Waals surface area contributed by atoms with E-state index in [1.807, 2.05) is 0 Å². The minimum atomic E-state index is -0.591. The first-order valence-electron chi connectivity index (χ1n) is 4.61. The first kappa shape index (κ1) is 11.3. The molecule has 0 saturated carbocycles. The Bertz CT molecular complexity index is 468. The molecule has 0 spiro atoms. The summed E-state index contributed by atoms with van der Waals surface area (Å²) in [6.07, 6.45) is 4.91. The third-order valence-corrected chi connectivity index (χ3v) is 1.82. The maximum atomic E-state index is 13.1. The molecular formula is C10H6BF2N2O2. The highest BCUT2D eigenvalue weighted by atomic mass is 19.1. The largest absolute Gasteiger partial charge is 0.658 e. The van der Waals surface area contributed by atoms with E-state index >= 15 is 0 Å². The Kier molecular flexibility index (Phi) is 3.49. The molecule has 1 radical (unpaired) electrons. The summed E-state index contributed by atoms with van der Waals surface area (Å²) in [7, 11) is 0.806. The van der Waals surface area contributed by atoms with Crippen LogP contribution >= 0.6 is 0 Å². The second-order valence-corrected chi connectivity index (χ2v) is 2.94. The summed E-state index contributed by atoms with van der Waals surface area (Å²) in [6, 6.07) is 2.27. The summed E-state index contributed by atoms with van der Waals surface area (Å²) in [6.45, 7) is 0. The van der Waals surface area contributed by atoms with Gasteiger partial charge in [-0.3, -0.25) is 9.97 Å². The van der Waals surface area contributed by atoms with Crippen LogP contribution < -0.4 is 9.31 Å². The molecule has 4 nitrogen and oxygen atoms in total. The highest BCUT2D eigenvalue weighted by Crippen LogP contribution is 2.15. The molecule has 0 aliphatic rings. The molecule has 0 unspecified atom stereocenters. The van der Waals surface area contributed by atoms with Crippen molar-refractivity contribution in [3.05, 3.63) is 48.6 Å². The second kappa shape index (κ2) is 5.24. The average molecular weight is 235 g/mol. The predicted octanol–water partition coefficient (Wildman–Crippen LogP) is 1.75. The lowest BCUT2D eigenvalue weighted by Crippen LogP contribution is -2.12. The van der Waals surface area contributed by atoms with E-state index in [9.17, 15) is 8.78 Å². The number of hydrogen-bond donors (Lipinski definition) is 0. The quantitative estimate of drug-likeness (QED) is 0.757. The molecule has 2 aromatic rings. The summed E-state index contributed by atoms with van der Waals surface area (Å²) in [4.78, 5) is 7.32. The monoisotopic (exact) mass is 235 g/mol. The SMILES string of the molecule is Fc1ccncc1O[B]Oc1cnccc1F. The van der Waals surface area contributed by atoms with Crippen molar-refractivity contribution in [3.8, 4) is 11.5 Å². The van der Waals surface area contributed by atoms with Crippen molar-refractivity contribution in [3.63, 3.8) is 0 Å². The average Bonchev–Trinajstić information content (AvgIpc) is 2.34. The normalized spacial score (nSPS) is 9.76. The van der Waals surface area contributed by atoms with Crippen LogP contribution in [0.15, 0.2) is 36.9 Å². The predicted molar refractivity (Wildman–Crippen MR) is 55.4 cm³/mol. The summed E-state index contributed by atoms with van der Waals surface area (Å²) in [5.74, 6) is -1.41. The lowest BCUT2D eigenvalue weighted by atomic mass is 10.3. The van der Waals surface area contributed by atoms with Gasteiger partial charge in [-0.25, -0.2) is 8.78 Å². The van der Waals surface area contributed by atoms with Crippen molar-refractivity contribution >= 4 is 7.69 Å². The molecule has 0 aliphatic heterocycles. The van der Waals surface area contributed by atoms with Crippen LogP contribution in [0.1, 0.15) is 0 Å². The van der Waals surface area contributed by atoms with Crippen molar-refractivity contribution in [2.24, 2.45) is 0 Å². The van der Waals surface area contributed by atoms with Crippen molar-refractivity contribution in [2.75, 3.05) is 0 Å². The zero-order valence-corrected chi connectivity index (χ0v) is 8.51. The molecular weight excluding hydrogens is 229 g/mol. The van der Waals surface area contributed by atoms with E-state index in [0.29, 0.717) is 0 Å². The van der Waals surface area contributed by atoms with Gasteiger partial charge in [0, 0.05) is 12.4 Å². The molecule has 0 aliphatic carbocycles. The van der Waals surface area contributed by atoms with Crippen LogP contribution in [-0.2, 0) is 0 Å². The van der Waals surface area contributed by atoms with Gasteiger partial charge in [-0.2, -0.15) is 0 Å². The topological polar surface area (TPSA) is 44.2 Å². The third kappa shape index (κ3) is 2.90. The number of rotatable bonds is 4. The number of nitrogens with zero attached hydrogens (tertiary/aromatic N) is 2. The first-order chi connectivity index (χ1) is 8.27.